The van der Waals surface area contributed by atoms with Gasteiger partial charge in [-0.15, -0.1) is 0 Å². The third kappa shape index (κ3) is 2.40. The summed E-state index contributed by atoms with van der Waals surface area (Å²) >= 11 is 0. The molecule has 0 unspecified atom stereocenters. The molecule has 0 fully saturated rings. The third-order valence-electron chi connectivity index (χ3n) is 2.24. The Morgan fingerprint density at radius 3 is 1.93 bits per heavy atom. The maximum absolute atomic E-state index is 4.40. The third-order valence-corrected chi connectivity index (χ3v) is 2.24. The molecule has 0 aliphatic carbocycles. The quantitative estimate of drug-likeness (QED) is 0.722. The zero-order chi connectivity index (χ0) is 11.6. The van der Waals surface area contributed by atoms with Gasteiger partial charge in [-0.25, -0.2) is 0 Å². The van der Waals surface area contributed by atoms with Gasteiger partial charge >= 0.3 is 92.1 Å². The van der Waals surface area contributed by atoms with Crippen molar-refractivity contribution in [2.45, 2.75) is 0 Å². The molecular formula is C10H19BN4. The fourth-order valence-corrected chi connectivity index (χ4v) is 1.55. The molecule has 0 atom stereocenters. The molecule has 1 aromatic rings. The molecule has 15 heavy (non-hydrogen) atoms. The number of anilines is 3. The molecule has 0 aromatic carbocycles. The molecular weight excluding hydrogens is 187 g/mol. The summed E-state index contributed by atoms with van der Waals surface area (Å²) in [7, 11) is 14.0. The molecule has 82 valence electrons. The van der Waals surface area contributed by atoms with Crippen LogP contribution < -0.4 is 14.7 Å². The van der Waals surface area contributed by atoms with Crippen LogP contribution in [0.25, 0.3) is 0 Å². The average Bonchev–Trinajstić information content (AvgIpc) is 2.16. The summed E-state index contributed by atoms with van der Waals surface area (Å²) in [6.45, 7) is 0. The van der Waals surface area contributed by atoms with Crippen molar-refractivity contribution in [2.24, 2.45) is 0 Å². The van der Waals surface area contributed by atoms with Crippen molar-refractivity contribution in [3.05, 3.63) is 5.96 Å². The molecule has 1 rings (SSSR count). The van der Waals surface area contributed by atoms with Crippen LogP contribution in [0.4, 0.5) is 17.2 Å². The van der Waals surface area contributed by atoms with Crippen LogP contribution in [0.3, 0.4) is 0 Å². The van der Waals surface area contributed by atoms with Crippen molar-refractivity contribution in [3.63, 3.8) is 0 Å². The number of hydrogen-bond acceptors (Lipinski definition) is 4. The van der Waals surface area contributed by atoms with E-state index in [-0.39, 0.29) is 0 Å². The standard InChI is InChI=1S/C10H19BN4/c1-13(2)8-7-11-12-10(15(5)6)9(8)14(3)4/h7H,1-6H3. The van der Waals surface area contributed by atoms with Crippen molar-refractivity contribution in [2.75, 3.05) is 57.0 Å². The van der Waals surface area contributed by atoms with Gasteiger partial charge in [0.1, 0.15) is 0 Å². The normalized spacial score (nSPS) is 9.73. The number of rotatable bonds is 3. The van der Waals surface area contributed by atoms with Gasteiger partial charge in [-0.05, 0) is 0 Å². The average molecular weight is 206 g/mol. The summed E-state index contributed by atoms with van der Waals surface area (Å²) in [4.78, 5) is 10.6. The number of nitrogens with zero attached hydrogens (tertiary/aromatic N) is 4. The Hall–Kier alpha value is -1.26. The molecule has 0 aliphatic heterocycles. The van der Waals surface area contributed by atoms with Gasteiger partial charge in [0, 0.05) is 0 Å². The Kier molecular flexibility index (Phi) is 3.55. The fourth-order valence-electron chi connectivity index (χ4n) is 1.55. The Morgan fingerprint density at radius 1 is 0.933 bits per heavy atom. The van der Waals surface area contributed by atoms with Gasteiger partial charge in [0.2, 0.25) is 0 Å². The predicted molar refractivity (Wildman–Crippen MR) is 68.6 cm³/mol. The molecule has 0 bridgehead atoms. The van der Waals surface area contributed by atoms with E-state index < -0.39 is 0 Å². The van der Waals surface area contributed by atoms with Crippen molar-refractivity contribution in [3.8, 4) is 0 Å². The Balaban J connectivity index is 3.35. The van der Waals surface area contributed by atoms with Crippen LogP contribution in [0.15, 0.2) is 5.96 Å². The van der Waals surface area contributed by atoms with E-state index in [9.17, 15) is 0 Å². The monoisotopic (exact) mass is 206 g/mol. The zero-order valence-electron chi connectivity index (χ0n) is 10.4. The fraction of sp³-hybridized carbons (Fsp3) is 0.600. The van der Waals surface area contributed by atoms with E-state index in [0.29, 0.717) is 0 Å². The van der Waals surface area contributed by atoms with Crippen LogP contribution in [0.1, 0.15) is 0 Å². The van der Waals surface area contributed by atoms with Crippen LogP contribution in [-0.2, 0) is 0 Å². The van der Waals surface area contributed by atoms with E-state index >= 15 is 0 Å². The Bertz CT molecular complexity index is 310. The summed E-state index contributed by atoms with van der Waals surface area (Å²) in [5, 5.41) is 0. The van der Waals surface area contributed by atoms with Crippen molar-refractivity contribution >= 4 is 24.2 Å². The first-order valence-corrected chi connectivity index (χ1v) is 4.96. The summed E-state index contributed by atoms with van der Waals surface area (Å²) in [6.07, 6.45) is 0. The molecule has 0 saturated heterocycles. The van der Waals surface area contributed by atoms with Crippen LogP contribution >= 0.6 is 0 Å². The first-order valence-electron chi connectivity index (χ1n) is 4.96. The van der Waals surface area contributed by atoms with Gasteiger partial charge in [0.25, 0.3) is 0 Å². The van der Waals surface area contributed by atoms with Gasteiger partial charge in [0.05, 0.1) is 0 Å². The summed E-state index contributed by atoms with van der Waals surface area (Å²) in [5.74, 6) is 3.02. The SMILES string of the molecule is CN(C)c1cbnc(N(C)C)c1N(C)C. The van der Waals surface area contributed by atoms with Crippen molar-refractivity contribution in [1.29, 1.82) is 0 Å². The molecule has 0 N–H and O–H groups in total. The minimum absolute atomic E-state index is 0.992. The second kappa shape index (κ2) is 4.51. The second-order valence-corrected chi connectivity index (χ2v) is 4.19. The molecule has 4 nitrogen and oxygen atoms in total. The zero-order valence-corrected chi connectivity index (χ0v) is 10.4. The molecule has 1 aromatic heterocycles. The molecule has 0 spiro atoms. The molecule has 0 saturated carbocycles. The van der Waals surface area contributed by atoms with E-state index in [1.807, 2.05) is 60.2 Å². The van der Waals surface area contributed by atoms with Crippen LogP contribution in [0, 0.1) is 0 Å². The summed E-state index contributed by atoms with van der Waals surface area (Å²) < 4.78 is 0. The van der Waals surface area contributed by atoms with Gasteiger partial charge in [-0.1, -0.05) is 0 Å². The predicted octanol–water partition coefficient (Wildman–Crippen LogP) is 0.618. The van der Waals surface area contributed by atoms with Gasteiger partial charge in [0.15, 0.2) is 0 Å². The van der Waals surface area contributed by atoms with Gasteiger partial charge in [-0.3, -0.25) is 0 Å². The molecule has 0 radical (unpaired) electrons. The first kappa shape index (κ1) is 11.8. The molecule has 1 heterocycles. The summed E-state index contributed by atoms with van der Waals surface area (Å²) in [5.41, 5.74) is 2.33. The van der Waals surface area contributed by atoms with E-state index in [1.165, 1.54) is 5.69 Å². The van der Waals surface area contributed by atoms with Crippen LogP contribution in [-0.4, -0.2) is 54.2 Å². The van der Waals surface area contributed by atoms with Gasteiger partial charge < -0.3 is 0 Å². The van der Waals surface area contributed by atoms with E-state index in [4.69, 9.17) is 0 Å². The van der Waals surface area contributed by atoms with Crippen LogP contribution in [0.5, 0.6) is 0 Å². The minimum atomic E-state index is 0.992. The Morgan fingerprint density at radius 2 is 1.53 bits per heavy atom. The molecule has 5 heteroatoms. The van der Waals surface area contributed by atoms with Crippen LogP contribution in [0.2, 0.25) is 0 Å². The van der Waals surface area contributed by atoms with Crippen molar-refractivity contribution in [1.82, 2.24) is 4.89 Å². The van der Waals surface area contributed by atoms with E-state index in [1.54, 1.807) is 0 Å². The second-order valence-electron chi connectivity index (χ2n) is 4.19. The topological polar surface area (TPSA) is 22.6 Å². The van der Waals surface area contributed by atoms with E-state index in [2.05, 4.69) is 14.7 Å². The molecule has 0 amide bonds. The number of hydrogen-bond donors (Lipinski definition) is 0. The molecule has 0 aliphatic rings. The number of aromatic nitrogens is 1. The Labute approximate surface area is 92.7 Å². The summed E-state index contributed by atoms with van der Waals surface area (Å²) in [6, 6.07) is 0. The maximum atomic E-state index is 4.40. The van der Waals surface area contributed by atoms with Crippen molar-refractivity contribution < 1.29 is 0 Å². The van der Waals surface area contributed by atoms with E-state index in [0.717, 1.165) is 11.5 Å². The first-order chi connectivity index (χ1) is 6.95. The van der Waals surface area contributed by atoms with Gasteiger partial charge in [-0.2, -0.15) is 0 Å².